The monoisotopic (exact) mass is 557 g/mol. The van der Waals surface area contributed by atoms with Crippen LogP contribution in [0.25, 0.3) is 0 Å². The van der Waals surface area contributed by atoms with Crippen molar-refractivity contribution in [3.63, 3.8) is 0 Å². The number of likely N-dealkylation sites (tertiary alicyclic amines) is 1. The highest BCUT2D eigenvalue weighted by atomic mass is 16.6. The summed E-state index contributed by atoms with van der Waals surface area (Å²) >= 11 is 0. The Morgan fingerprint density at radius 2 is 1.65 bits per heavy atom. The molecule has 0 saturated carbocycles. The Balaban J connectivity index is 1.09. The second-order valence-corrected chi connectivity index (χ2v) is 12.5. The van der Waals surface area contributed by atoms with E-state index < -0.39 is 30.0 Å². The second-order valence-electron chi connectivity index (χ2n) is 12.5. The smallest absolute Gasteiger partial charge is 0.410 e. The van der Waals surface area contributed by atoms with Gasteiger partial charge in [-0.15, -0.1) is 0 Å². The molecule has 11 heteroatoms. The van der Waals surface area contributed by atoms with E-state index in [1.54, 1.807) is 0 Å². The summed E-state index contributed by atoms with van der Waals surface area (Å²) in [5.41, 5.74) is 1.73. The number of rotatable bonds is 5. The van der Waals surface area contributed by atoms with E-state index in [0.29, 0.717) is 17.0 Å². The molecule has 3 amide bonds. The van der Waals surface area contributed by atoms with Gasteiger partial charge >= 0.3 is 6.09 Å². The van der Waals surface area contributed by atoms with Crippen LogP contribution >= 0.6 is 0 Å². The number of piperazine rings is 1. The van der Waals surface area contributed by atoms with Crippen molar-refractivity contribution >= 4 is 23.6 Å². The summed E-state index contributed by atoms with van der Waals surface area (Å²) in [5.74, 6) is -0.187. The third kappa shape index (κ3) is 6.27. The van der Waals surface area contributed by atoms with Crippen molar-refractivity contribution in [2.75, 3.05) is 50.7 Å². The Morgan fingerprint density at radius 1 is 0.975 bits per heavy atom. The molecule has 1 aromatic carbocycles. The lowest BCUT2D eigenvalue weighted by Gasteiger charge is -2.38. The SMILES string of the molecule is CC(C)(C)OC(=O)N1CCC(CCN2CCN(c3ccc4c(c3)C(O)N(C3CCC(=O)NC3=O)C4O)CC2)CC1. The first-order valence-corrected chi connectivity index (χ1v) is 14.6. The Kier molecular flexibility index (Phi) is 8.37. The zero-order valence-electron chi connectivity index (χ0n) is 23.8. The number of piperidine rings is 2. The molecule has 0 spiro atoms. The number of hydrogen-bond acceptors (Lipinski definition) is 9. The predicted octanol–water partition coefficient (Wildman–Crippen LogP) is 1.95. The van der Waals surface area contributed by atoms with E-state index >= 15 is 0 Å². The number of ether oxygens (including phenoxy) is 1. The maximum absolute atomic E-state index is 12.4. The van der Waals surface area contributed by atoms with Gasteiger partial charge in [-0.3, -0.25) is 19.8 Å². The zero-order valence-corrected chi connectivity index (χ0v) is 23.8. The Morgan fingerprint density at radius 3 is 2.30 bits per heavy atom. The standard InChI is InChI=1S/C29H43N5O6/c1-29(2,3)40-28(39)33-12-9-19(10-13-33)8-11-31-14-16-32(17-15-31)20-4-5-21-22(18-20)27(38)34(26(21)37)23-6-7-24(35)30-25(23)36/h4-5,18-19,23,26-27,37-38H,6-17H2,1-3H3,(H,30,35,36). The molecule has 4 heterocycles. The third-order valence-corrected chi connectivity index (χ3v) is 8.62. The van der Waals surface area contributed by atoms with E-state index in [1.807, 2.05) is 43.9 Å². The van der Waals surface area contributed by atoms with Crippen LogP contribution in [0.1, 0.15) is 76.5 Å². The average molecular weight is 558 g/mol. The minimum Gasteiger partial charge on any atom is -0.444 e. The van der Waals surface area contributed by atoms with Crippen LogP contribution in [0.15, 0.2) is 18.2 Å². The van der Waals surface area contributed by atoms with Crippen LogP contribution in [0.2, 0.25) is 0 Å². The van der Waals surface area contributed by atoms with E-state index in [0.717, 1.165) is 70.8 Å². The molecule has 3 fully saturated rings. The number of fused-ring (bicyclic) bond motifs is 1. The lowest BCUT2D eigenvalue weighted by Crippen LogP contribution is -2.52. The molecule has 4 aliphatic rings. The molecule has 0 bridgehead atoms. The van der Waals surface area contributed by atoms with E-state index in [4.69, 9.17) is 4.74 Å². The largest absolute Gasteiger partial charge is 0.444 e. The van der Waals surface area contributed by atoms with Gasteiger partial charge in [0.25, 0.3) is 0 Å². The van der Waals surface area contributed by atoms with Gasteiger partial charge < -0.3 is 24.7 Å². The molecule has 4 aliphatic heterocycles. The molecule has 0 aliphatic carbocycles. The van der Waals surface area contributed by atoms with Crippen molar-refractivity contribution in [1.82, 2.24) is 20.0 Å². The molecule has 11 nitrogen and oxygen atoms in total. The molecule has 3 unspecified atom stereocenters. The van der Waals surface area contributed by atoms with Crippen molar-refractivity contribution < 1.29 is 29.3 Å². The third-order valence-electron chi connectivity index (χ3n) is 8.62. The average Bonchev–Trinajstić information content (AvgIpc) is 3.16. The van der Waals surface area contributed by atoms with Gasteiger partial charge in [-0.05, 0) is 71.0 Å². The minimum absolute atomic E-state index is 0.184. The van der Waals surface area contributed by atoms with E-state index in [9.17, 15) is 24.6 Å². The molecule has 3 saturated heterocycles. The molecule has 40 heavy (non-hydrogen) atoms. The zero-order chi connectivity index (χ0) is 28.6. The van der Waals surface area contributed by atoms with E-state index in [1.165, 1.54) is 4.90 Å². The summed E-state index contributed by atoms with van der Waals surface area (Å²) < 4.78 is 5.51. The number of aliphatic hydroxyl groups is 2. The number of benzene rings is 1. The fourth-order valence-electron chi connectivity index (χ4n) is 6.31. The van der Waals surface area contributed by atoms with Crippen molar-refractivity contribution in [3.05, 3.63) is 29.3 Å². The summed E-state index contributed by atoms with van der Waals surface area (Å²) in [6.07, 6.45) is 1.18. The van der Waals surface area contributed by atoms with Gasteiger partial charge in [-0.1, -0.05) is 6.07 Å². The number of imide groups is 1. The number of anilines is 1. The highest BCUT2D eigenvalue weighted by Crippen LogP contribution is 2.43. The van der Waals surface area contributed by atoms with Gasteiger partial charge in [0.15, 0.2) is 0 Å². The molecule has 3 atom stereocenters. The van der Waals surface area contributed by atoms with Crippen molar-refractivity contribution in [1.29, 1.82) is 0 Å². The maximum atomic E-state index is 12.4. The van der Waals surface area contributed by atoms with Gasteiger partial charge in [-0.2, -0.15) is 0 Å². The lowest BCUT2D eigenvalue weighted by molar-refractivity contribution is -0.154. The fraction of sp³-hybridized carbons (Fsp3) is 0.690. The predicted molar refractivity (Wildman–Crippen MR) is 148 cm³/mol. The van der Waals surface area contributed by atoms with Crippen molar-refractivity contribution in [3.8, 4) is 0 Å². The van der Waals surface area contributed by atoms with Crippen LogP contribution in [-0.4, -0.2) is 100 Å². The van der Waals surface area contributed by atoms with Crippen LogP contribution in [-0.2, 0) is 14.3 Å². The molecule has 1 aromatic rings. The molecule has 0 radical (unpaired) electrons. The summed E-state index contributed by atoms with van der Waals surface area (Å²) in [6, 6.07) is 4.96. The van der Waals surface area contributed by atoms with Crippen LogP contribution in [0.5, 0.6) is 0 Å². The minimum atomic E-state index is -1.11. The molecular weight excluding hydrogens is 514 g/mol. The second kappa shape index (κ2) is 11.6. The Bertz CT molecular complexity index is 1110. The number of amides is 3. The normalized spacial score (nSPS) is 27.1. The summed E-state index contributed by atoms with van der Waals surface area (Å²) in [4.78, 5) is 44.3. The first-order chi connectivity index (χ1) is 19.0. The number of hydrogen-bond donors (Lipinski definition) is 3. The van der Waals surface area contributed by atoms with Crippen LogP contribution in [0.4, 0.5) is 10.5 Å². The fourth-order valence-corrected chi connectivity index (χ4v) is 6.31. The quantitative estimate of drug-likeness (QED) is 0.466. The number of aliphatic hydroxyl groups excluding tert-OH is 2. The van der Waals surface area contributed by atoms with Crippen LogP contribution in [0, 0.1) is 5.92 Å². The number of nitrogens with one attached hydrogen (secondary N) is 1. The van der Waals surface area contributed by atoms with Gasteiger partial charge in [0.2, 0.25) is 11.8 Å². The summed E-state index contributed by atoms with van der Waals surface area (Å²) in [7, 11) is 0. The molecule has 220 valence electrons. The molecular formula is C29H43N5O6. The highest BCUT2D eigenvalue weighted by Gasteiger charge is 2.45. The van der Waals surface area contributed by atoms with Crippen LogP contribution in [0.3, 0.4) is 0 Å². The summed E-state index contributed by atoms with van der Waals surface area (Å²) in [6.45, 7) is 11.9. The highest BCUT2D eigenvalue weighted by molar-refractivity contribution is 6.00. The number of carbonyl (C=O) groups is 3. The first kappa shape index (κ1) is 28.8. The van der Waals surface area contributed by atoms with Crippen molar-refractivity contribution in [2.45, 2.75) is 77.0 Å². The first-order valence-electron chi connectivity index (χ1n) is 14.6. The molecule has 5 rings (SSSR count). The van der Waals surface area contributed by atoms with Crippen molar-refractivity contribution in [2.24, 2.45) is 5.92 Å². The Hall–Kier alpha value is -2.73. The van der Waals surface area contributed by atoms with E-state index in [-0.39, 0.29) is 24.8 Å². The lowest BCUT2D eigenvalue weighted by atomic mass is 9.93. The van der Waals surface area contributed by atoms with Gasteiger partial charge in [0.05, 0.1) is 6.04 Å². The topological polar surface area (TPSA) is 126 Å². The Labute approximate surface area is 236 Å². The van der Waals surface area contributed by atoms with Gasteiger partial charge in [0, 0.05) is 62.5 Å². The van der Waals surface area contributed by atoms with Gasteiger partial charge in [0.1, 0.15) is 18.1 Å². The molecule has 3 N–H and O–H groups in total. The summed E-state index contributed by atoms with van der Waals surface area (Å²) in [5, 5.41) is 24.3. The number of nitrogens with zero attached hydrogens (tertiary/aromatic N) is 4. The number of carbonyl (C=O) groups excluding carboxylic acids is 3. The van der Waals surface area contributed by atoms with E-state index in [2.05, 4.69) is 15.1 Å². The van der Waals surface area contributed by atoms with Gasteiger partial charge in [-0.25, -0.2) is 9.69 Å². The molecule has 0 aromatic heterocycles. The maximum Gasteiger partial charge on any atom is 0.410 e. The van der Waals surface area contributed by atoms with Crippen LogP contribution < -0.4 is 10.2 Å².